The second kappa shape index (κ2) is 6.03. The first-order valence-corrected chi connectivity index (χ1v) is 6.98. The lowest BCUT2D eigenvalue weighted by Crippen LogP contribution is -2.47. The lowest BCUT2D eigenvalue weighted by molar-refractivity contribution is -0.925. The maximum atomic E-state index is 2.34. The van der Waals surface area contributed by atoms with E-state index in [0.717, 1.165) is 17.4 Å². The number of rotatable bonds is 5. The Labute approximate surface area is 117 Å². The van der Waals surface area contributed by atoms with Gasteiger partial charge in [0.05, 0.1) is 20.1 Å². The van der Waals surface area contributed by atoms with Crippen molar-refractivity contribution in [2.75, 3.05) is 14.1 Å². The molecule has 2 aromatic carbocycles. The van der Waals surface area contributed by atoms with Gasteiger partial charge >= 0.3 is 0 Å². The van der Waals surface area contributed by atoms with E-state index in [9.17, 15) is 0 Å². The van der Waals surface area contributed by atoms with Gasteiger partial charge in [-0.25, -0.2) is 0 Å². The van der Waals surface area contributed by atoms with Gasteiger partial charge in [-0.3, -0.25) is 0 Å². The van der Waals surface area contributed by atoms with Crippen LogP contribution in [0.4, 0.5) is 0 Å². The molecule has 1 atom stereocenters. The molecule has 0 spiro atoms. The zero-order chi connectivity index (χ0) is 13.7. The normalized spacial score (nSPS) is 13.2. The van der Waals surface area contributed by atoms with Crippen molar-refractivity contribution in [1.29, 1.82) is 0 Å². The first kappa shape index (κ1) is 13.8. The second-order valence-electron chi connectivity index (χ2n) is 5.96. The van der Waals surface area contributed by atoms with Crippen LogP contribution < -0.4 is 0 Å². The predicted octanol–water partition coefficient (Wildman–Crippen LogP) is 3.89. The van der Waals surface area contributed by atoms with Crippen LogP contribution in [-0.4, -0.2) is 24.6 Å². The molecule has 2 aromatic rings. The number of quaternary nitrogens is 1. The highest BCUT2D eigenvalue weighted by Gasteiger charge is 2.24. The average molecular weight is 254 g/mol. The summed E-state index contributed by atoms with van der Waals surface area (Å²) >= 11 is 0. The smallest absolute Gasteiger partial charge is 0.104 e. The highest BCUT2D eigenvalue weighted by atomic mass is 15.3. The standard InChI is InChI=1S/C18H24N/c1-16(14-17-10-6-4-7-11-17)19(2,3)15-18-12-8-5-9-13-18/h4-13,16H,14-15H2,1-3H3/q+1. The topological polar surface area (TPSA) is 0 Å². The van der Waals surface area contributed by atoms with E-state index in [2.05, 4.69) is 81.7 Å². The highest BCUT2D eigenvalue weighted by Crippen LogP contribution is 2.17. The van der Waals surface area contributed by atoms with Crippen molar-refractivity contribution in [3.63, 3.8) is 0 Å². The van der Waals surface area contributed by atoms with E-state index in [4.69, 9.17) is 0 Å². The molecule has 2 rings (SSSR count). The average Bonchev–Trinajstić information content (AvgIpc) is 2.40. The molecule has 0 aromatic heterocycles. The quantitative estimate of drug-likeness (QED) is 0.710. The molecule has 0 bridgehead atoms. The number of likely N-dealkylation sites (N-methyl/N-ethyl adjacent to an activating group) is 1. The Kier molecular flexibility index (Phi) is 4.39. The molecule has 0 amide bonds. The van der Waals surface area contributed by atoms with E-state index in [1.807, 2.05) is 0 Å². The third-order valence-corrected chi connectivity index (χ3v) is 4.00. The summed E-state index contributed by atoms with van der Waals surface area (Å²) in [7, 11) is 4.64. The Hall–Kier alpha value is -1.60. The molecule has 0 saturated carbocycles. The predicted molar refractivity (Wildman–Crippen MR) is 81.9 cm³/mol. The summed E-state index contributed by atoms with van der Waals surface area (Å²) in [5, 5.41) is 0. The maximum absolute atomic E-state index is 2.34. The zero-order valence-electron chi connectivity index (χ0n) is 12.2. The summed E-state index contributed by atoms with van der Waals surface area (Å²) < 4.78 is 1.01. The van der Waals surface area contributed by atoms with Crippen LogP contribution in [0.3, 0.4) is 0 Å². The molecule has 1 heteroatoms. The molecule has 0 aliphatic carbocycles. The fourth-order valence-electron chi connectivity index (χ4n) is 2.41. The molecule has 1 unspecified atom stereocenters. The minimum atomic E-state index is 0.600. The fraction of sp³-hybridized carbons (Fsp3) is 0.333. The van der Waals surface area contributed by atoms with Crippen molar-refractivity contribution in [3.8, 4) is 0 Å². The van der Waals surface area contributed by atoms with Gasteiger partial charge in [0.25, 0.3) is 0 Å². The van der Waals surface area contributed by atoms with Crippen molar-refractivity contribution in [3.05, 3.63) is 71.8 Å². The van der Waals surface area contributed by atoms with Crippen LogP contribution in [0.1, 0.15) is 18.1 Å². The Morgan fingerprint density at radius 1 is 0.789 bits per heavy atom. The summed E-state index contributed by atoms with van der Waals surface area (Å²) in [5.74, 6) is 0. The molecule has 1 nitrogen and oxygen atoms in total. The molecule has 0 saturated heterocycles. The van der Waals surface area contributed by atoms with Gasteiger partial charge in [0.15, 0.2) is 0 Å². The molecular weight excluding hydrogens is 230 g/mol. The number of hydrogen-bond acceptors (Lipinski definition) is 0. The van der Waals surface area contributed by atoms with Crippen molar-refractivity contribution in [2.24, 2.45) is 0 Å². The van der Waals surface area contributed by atoms with E-state index >= 15 is 0 Å². The highest BCUT2D eigenvalue weighted by molar-refractivity contribution is 5.16. The minimum Gasteiger partial charge on any atom is -0.322 e. The lowest BCUT2D eigenvalue weighted by Gasteiger charge is -2.36. The van der Waals surface area contributed by atoms with E-state index in [1.54, 1.807) is 0 Å². The maximum Gasteiger partial charge on any atom is 0.104 e. The van der Waals surface area contributed by atoms with Crippen LogP contribution >= 0.6 is 0 Å². The monoisotopic (exact) mass is 254 g/mol. The molecule has 0 aliphatic rings. The number of hydrogen-bond donors (Lipinski definition) is 0. The summed E-state index contributed by atoms with van der Waals surface area (Å²) in [4.78, 5) is 0. The van der Waals surface area contributed by atoms with Gasteiger partial charge in [0.2, 0.25) is 0 Å². The third kappa shape index (κ3) is 3.93. The van der Waals surface area contributed by atoms with Gasteiger partial charge in [0, 0.05) is 12.0 Å². The van der Waals surface area contributed by atoms with Gasteiger partial charge in [-0.2, -0.15) is 0 Å². The van der Waals surface area contributed by atoms with Gasteiger partial charge < -0.3 is 4.48 Å². The number of nitrogens with zero attached hydrogens (tertiary/aromatic N) is 1. The van der Waals surface area contributed by atoms with Crippen LogP contribution in [0, 0.1) is 0 Å². The van der Waals surface area contributed by atoms with Crippen LogP contribution in [0.5, 0.6) is 0 Å². The van der Waals surface area contributed by atoms with Crippen molar-refractivity contribution in [1.82, 2.24) is 0 Å². The van der Waals surface area contributed by atoms with Gasteiger partial charge in [-0.1, -0.05) is 60.7 Å². The third-order valence-electron chi connectivity index (χ3n) is 4.00. The Morgan fingerprint density at radius 2 is 1.26 bits per heavy atom. The summed E-state index contributed by atoms with van der Waals surface area (Å²) in [5.41, 5.74) is 2.83. The summed E-state index contributed by atoms with van der Waals surface area (Å²) in [6, 6.07) is 22.1. The van der Waals surface area contributed by atoms with Gasteiger partial charge in [0.1, 0.15) is 6.54 Å². The molecule has 0 aliphatic heterocycles. The van der Waals surface area contributed by atoms with Crippen molar-refractivity contribution < 1.29 is 4.48 Å². The van der Waals surface area contributed by atoms with E-state index in [-0.39, 0.29) is 0 Å². The molecule has 0 fully saturated rings. The Bertz CT molecular complexity index is 488. The number of benzene rings is 2. The molecule has 0 N–H and O–H groups in total. The van der Waals surface area contributed by atoms with E-state index in [0.29, 0.717) is 6.04 Å². The minimum absolute atomic E-state index is 0.600. The van der Waals surface area contributed by atoms with E-state index < -0.39 is 0 Å². The summed E-state index contributed by atoms with van der Waals surface area (Å²) in [6.45, 7) is 3.42. The van der Waals surface area contributed by atoms with Gasteiger partial charge in [-0.05, 0) is 12.5 Å². The molecule has 19 heavy (non-hydrogen) atoms. The largest absolute Gasteiger partial charge is 0.322 e. The SMILES string of the molecule is CC(Cc1ccccc1)[N+](C)(C)Cc1ccccc1. The van der Waals surface area contributed by atoms with Crippen molar-refractivity contribution in [2.45, 2.75) is 25.9 Å². The van der Waals surface area contributed by atoms with Crippen LogP contribution in [0.15, 0.2) is 60.7 Å². The molecule has 100 valence electrons. The lowest BCUT2D eigenvalue weighted by atomic mass is 10.0. The first-order chi connectivity index (χ1) is 9.08. The Morgan fingerprint density at radius 3 is 1.79 bits per heavy atom. The summed E-state index contributed by atoms with van der Waals surface area (Å²) in [6.07, 6.45) is 1.13. The van der Waals surface area contributed by atoms with Crippen LogP contribution in [-0.2, 0) is 13.0 Å². The zero-order valence-corrected chi connectivity index (χ0v) is 12.2. The first-order valence-electron chi connectivity index (χ1n) is 6.98. The Balaban J connectivity index is 2.02. The fourth-order valence-corrected chi connectivity index (χ4v) is 2.41. The molecular formula is C18H24N+. The second-order valence-corrected chi connectivity index (χ2v) is 5.96. The van der Waals surface area contributed by atoms with Crippen LogP contribution in [0.25, 0.3) is 0 Å². The van der Waals surface area contributed by atoms with Crippen LogP contribution in [0.2, 0.25) is 0 Å². The molecule has 0 heterocycles. The van der Waals surface area contributed by atoms with Gasteiger partial charge in [-0.15, -0.1) is 0 Å². The van der Waals surface area contributed by atoms with E-state index in [1.165, 1.54) is 11.1 Å². The molecule has 0 radical (unpaired) electrons. The van der Waals surface area contributed by atoms with Crippen molar-refractivity contribution >= 4 is 0 Å².